The van der Waals surface area contributed by atoms with E-state index in [2.05, 4.69) is 10.6 Å². The van der Waals surface area contributed by atoms with Crippen molar-refractivity contribution in [2.24, 2.45) is 0 Å². The quantitative estimate of drug-likeness (QED) is 0.794. The number of carbonyl (C=O) groups excluding carboxylic acids is 1. The Kier molecular flexibility index (Phi) is 4.65. The molecule has 0 saturated heterocycles. The highest BCUT2D eigenvalue weighted by molar-refractivity contribution is 5.90. The van der Waals surface area contributed by atoms with E-state index >= 15 is 0 Å². The standard InChI is InChI=1S/C16H24N2O2/c1-12-6-7-14(13(2)10-12)18-15(19)17-11-16(20)8-4-3-5-9-16/h6-7,10,20H,3-5,8-9,11H2,1-2H3,(H2,17,18,19). The molecule has 0 aliphatic heterocycles. The van der Waals surface area contributed by atoms with Gasteiger partial charge in [-0.3, -0.25) is 0 Å². The molecule has 110 valence electrons. The summed E-state index contributed by atoms with van der Waals surface area (Å²) in [5.74, 6) is 0. The Balaban J connectivity index is 1.86. The van der Waals surface area contributed by atoms with Crippen molar-refractivity contribution in [2.45, 2.75) is 51.6 Å². The number of amides is 2. The number of benzene rings is 1. The first-order valence-electron chi connectivity index (χ1n) is 7.33. The number of aryl methyl sites for hydroxylation is 2. The van der Waals surface area contributed by atoms with Crippen LogP contribution in [0.25, 0.3) is 0 Å². The Morgan fingerprint density at radius 2 is 1.95 bits per heavy atom. The molecule has 1 aromatic carbocycles. The van der Waals surface area contributed by atoms with Crippen molar-refractivity contribution in [3.63, 3.8) is 0 Å². The fourth-order valence-corrected chi connectivity index (χ4v) is 2.75. The first-order chi connectivity index (χ1) is 9.48. The number of anilines is 1. The second-order valence-corrected chi connectivity index (χ2v) is 5.91. The largest absolute Gasteiger partial charge is 0.388 e. The molecule has 1 aromatic rings. The van der Waals surface area contributed by atoms with E-state index in [1.54, 1.807) is 0 Å². The average molecular weight is 276 g/mol. The van der Waals surface area contributed by atoms with Crippen molar-refractivity contribution in [1.29, 1.82) is 0 Å². The number of carbonyl (C=O) groups is 1. The molecule has 0 heterocycles. The third-order valence-electron chi connectivity index (χ3n) is 3.99. The molecule has 0 atom stereocenters. The molecule has 0 bridgehead atoms. The van der Waals surface area contributed by atoms with Gasteiger partial charge in [-0.15, -0.1) is 0 Å². The van der Waals surface area contributed by atoms with Gasteiger partial charge in [-0.05, 0) is 38.3 Å². The zero-order valence-electron chi connectivity index (χ0n) is 12.3. The molecule has 4 heteroatoms. The predicted molar refractivity (Wildman–Crippen MR) is 81.0 cm³/mol. The molecule has 0 aromatic heterocycles. The summed E-state index contributed by atoms with van der Waals surface area (Å²) in [5, 5.41) is 16.0. The minimum atomic E-state index is -0.724. The van der Waals surface area contributed by atoms with E-state index < -0.39 is 5.60 Å². The van der Waals surface area contributed by atoms with Crippen LogP contribution in [0.3, 0.4) is 0 Å². The van der Waals surface area contributed by atoms with Crippen LogP contribution < -0.4 is 10.6 Å². The van der Waals surface area contributed by atoms with Gasteiger partial charge in [0, 0.05) is 12.2 Å². The Bertz CT molecular complexity index is 479. The molecule has 1 aliphatic rings. The normalized spacial score (nSPS) is 17.6. The third kappa shape index (κ3) is 3.97. The van der Waals surface area contributed by atoms with Gasteiger partial charge in [0.05, 0.1) is 5.60 Å². The maximum atomic E-state index is 11.9. The minimum absolute atomic E-state index is 0.254. The van der Waals surface area contributed by atoms with Gasteiger partial charge in [0.2, 0.25) is 0 Å². The van der Waals surface area contributed by atoms with Crippen molar-refractivity contribution in [3.05, 3.63) is 29.3 Å². The second-order valence-electron chi connectivity index (χ2n) is 5.91. The Morgan fingerprint density at radius 3 is 2.60 bits per heavy atom. The van der Waals surface area contributed by atoms with E-state index in [9.17, 15) is 9.90 Å². The van der Waals surface area contributed by atoms with Crippen LogP contribution in [0.5, 0.6) is 0 Å². The molecule has 2 rings (SSSR count). The van der Waals surface area contributed by atoms with E-state index in [4.69, 9.17) is 0 Å². The monoisotopic (exact) mass is 276 g/mol. The van der Waals surface area contributed by atoms with Gasteiger partial charge in [-0.2, -0.15) is 0 Å². The van der Waals surface area contributed by atoms with E-state index in [0.29, 0.717) is 6.54 Å². The lowest BCUT2D eigenvalue weighted by Gasteiger charge is -2.32. The highest BCUT2D eigenvalue weighted by Crippen LogP contribution is 2.27. The molecule has 2 amide bonds. The van der Waals surface area contributed by atoms with Gasteiger partial charge in [0.1, 0.15) is 0 Å². The summed E-state index contributed by atoms with van der Waals surface area (Å²) in [6.07, 6.45) is 4.80. The molecule has 1 aliphatic carbocycles. The molecule has 20 heavy (non-hydrogen) atoms. The number of urea groups is 1. The molecule has 4 nitrogen and oxygen atoms in total. The van der Waals surface area contributed by atoms with Gasteiger partial charge in [-0.1, -0.05) is 37.0 Å². The fraction of sp³-hybridized carbons (Fsp3) is 0.562. The summed E-state index contributed by atoms with van der Waals surface area (Å²) in [5.41, 5.74) is 2.29. The van der Waals surface area contributed by atoms with Crippen molar-refractivity contribution in [3.8, 4) is 0 Å². The van der Waals surface area contributed by atoms with E-state index in [0.717, 1.165) is 36.9 Å². The minimum Gasteiger partial charge on any atom is -0.388 e. The molecule has 0 radical (unpaired) electrons. The molecule has 1 fully saturated rings. The summed E-state index contributed by atoms with van der Waals surface area (Å²) in [7, 11) is 0. The van der Waals surface area contributed by atoms with Crippen LogP contribution in [0.2, 0.25) is 0 Å². The SMILES string of the molecule is Cc1ccc(NC(=O)NCC2(O)CCCCC2)c(C)c1. The summed E-state index contributed by atoms with van der Waals surface area (Å²) in [6, 6.07) is 5.65. The van der Waals surface area contributed by atoms with Crippen molar-refractivity contribution in [2.75, 3.05) is 11.9 Å². The highest BCUT2D eigenvalue weighted by atomic mass is 16.3. The number of hydrogen-bond acceptors (Lipinski definition) is 2. The topological polar surface area (TPSA) is 61.4 Å². The summed E-state index contributed by atoms with van der Waals surface area (Å²) < 4.78 is 0. The maximum absolute atomic E-state index is 11.9. The number of rotatable bonds is 3. The smallest absolute Gasteiger partial charge is 0.319 e. The first kappa shape index (κ1) is 14.9. The lowest BCUT2D eigenvalue weighted by atomic mass is 9.85. The van der Waals surface area contributed by atoms with Gasteiger partial charge in [0.15, 0.2) is 0 Å². The predicted octanol–water partition coefficient (Wildman–Crippen LogP) is 3.12. The van der Waals surface area contributed by atoms with Gasteiger partial charge < -0.3 is 15.7 Å². The van der Waals surface area contributed by atoms with Gasteiger partial charge >= 0.3 is 6.03 Å². The molecular formula is C16H24N2O2. The number of aliphatic hydroxyl groups is 1. The van der Waals surface area contributed by atoms with Crippen LogP contribution >= 0.6 is 0 Å². The van der Waals surface area contributed by atoms with Crippen molar-refractivity contribution < 1.29 is 9.90 Å². The number of nitrogens with one attached hydrogen (secondary N) is 2. The van der Waals surface area contributed by atoms with Crippen molar-refractivity contribution >= 4 is 11.7 Å². The highest BCUT2D eigenvalue weighted by Gasteiger charge is 2.29. The second kappa shape index (κ2) is 6.27. The van der Waals surface area contributed by atoms with Crippen molar-refractivity contribution in [1.82, 2.24) is 5.32 Å². The van der Waals surface area contributed by atoms with Gasteiger partial charge in [0.25, 0.3) is 0 Å². The Hall–Kier alpha value is -1.55. The average Bonchev–Trinajstić information content (AvgIpc) is 2.41. The van der Waals surface area contributed by atoms with Crippen LogP contribution in [-0.4, -0.2) is 23.3 Å². The van der Waals surface area contributed by atoms with Crippen LogP contribution in [0, 0.1) is 13.8 Å². The van der Waals surface area contributed by atoms with E-state index in [-0.39, 0.29) is 6.03 Å². The van der Waals surface area contributed by atoms with Crippen LogP contribution in [0.15, 0.2) is 18.2 Å². The molecule has 0 unspecified atom stereocenters. The maximum Gasteiger partial charge on any atom is 0.319 e. The lowest BCUT2D eigenvalue weighted by molar-refractivity contribution is 0.00755. The Labute approximate surface area is 120 Å². The van der Waals surface area contributed by atoms with Crippen LogP contribution in [-0.2, 0) is 0 Å². The summed E-state index contributed by atoms with van der Waals surface area (Å²) >= 11 is 0. The lowest BCUT2D eigenvalue weighted by Crippen LogP contribution is -2.45. The van der Waals surface area contributed by atoms with Gasteiger partial charge in [-0.25, -0.2) is 4.79 Å². The zero-order valence-corrected chi connectivity index (χ0v) is 12.3. The molecule has 3 N–H and O–H groups in total. The zero-order chi connectivity index (χ0) is 14.6. The van der Waals surface area contributed by atoms with Crippen LogP contribution in [0.4, 0.5) is 10.5 Å². The van der Waals surface area contributed by atoms with E-state index in [1.165, 1.54) is 12.0 Å². The fourth-order valence-electron chi connectivity index (χ4n) is 2.75. The third-order valence-corrected chi connectivity index (χ3v) is 3.99. The Morgan fingerprint density at radius 1 is 1.25 bits per heavy atom. The molecular weight excluding hydrogens is 252 g/mol. The van der Waals surface area contributed by atoms with E-state index in [1.807, 2.05) is 32.0 Å². The van der Waals surface area contributed by atoms with Crippen LogP contribution in [0.1, 0.15) is 43.2 Å². The summed E-state index contributed by atoms with van der Waals surface area (Å²) in [6.45, 7) is 4.32. The molecule has 1 saturated carbocycles. The number of hydrogen-bond donors (Lipinski definition) is 3. The summed E-state index contributed by atoms with van der Waals surface area (Å²) in [4.78, 5) is 11.9. The first-order valence-corrected chi connectivity index (χ1v) is 7.33. The molecule has 0 spiro atoms.